The zero-order chi connectivity index (χ0) is 27.9. The molecular weight excluding hydrogens is 488 g/mol. The first-order valence-electron chi connectivity index (χ1n) is 16.7. The lowest BCUT2D eigenvalue weighted by Gasteiger charge is -2.70. The Morgan fingerprint density at radius 1 is 0.525 bits per heavy atom. The lowest BCUT2D eigenvalue weighted by Crippen LogP contribution is -2.63. The standard InChI is InChI=1S/C38H52O2/c1-25-15-33(39)29(27-11-7-5-8-12-27)17-31(25)37-20-35(3)19-36(4,21-37)23-38(22-35,24-37)32-18-30(34(40)16-26(32)2)28-13-9-6-10-14-28/h15-18,27-28,39-40H,5-14,19-24H2,1-4H3. The van der Waals surface area contributed by atoms with Crippen LogP contribution >= 0.6 is 0 Å². The molecule has 216 valence electrons. The third-order valence-electron chi connectivity index (χ3n) is 12.6. The van der Waals surface area contributed by atoms with Crippen LogP contribution in [-0.2, 0) is 10.8 Å². The highest BCUT2D eigenvalue weighted by Gasteiger charge is 2.66. The van der Waals surface area contributed by atoms with Gasteiger partial charge in [-0.15, -0.1) is 0 Å². The van der Waals surface area contributed by atoms with Crippen LogP contribution in [0.2, 0.25) is 0 Å². The molecule has 2 heteroatoms. The van der Waals surface area contributed by atoms with Gasteiger partial charge in [0.1, 0.15) is 11.5 Å². The molecule has 0 radical (unpaired) electrons. The Morgan fingerprint density at radius 2 is 0.900 bits per heavy atom. The van der Waals surface area contributed by atoms with Crippen LogP contribution in [0, 0.1) is 24.7 Å². The van der Waals surface area contributed by atoms with Crippen molar-refractivity contribution in [3.63, 3.8) is 0 Å². The quantitative estimate of drug-likeness (QED) is 0.405. The number of aryl methyl sites for hydroxylation is 2. The van der Waals surface area contributed by atoms with E-state index >= 15 is 0 Å². The summed E-state index contributed by atoms with van der Waals surface area (Å²) in [5.41, 5.74) is 9.15. The van der Waals surface area contributed by atoms with Crippen molar-refractivity contribution >= 4 is 0 Å². The maximum absolute atomic E-state index is 11.2. The summed E-state index contributed by atoms with van der Waals surface area (Å²) >= 11 is 0. The van der Waals surface area contributed by atoms with Crippen LogP contribution in [0.5, 0.6) is 11.5 Å². The van der Waals surface area contributed by atoms with Gasteiger partial charge in [-0.3, -0.25) is 0 Å². The van der Waals surface area contributed by atoms with Crippen molar-refractivity contribution in [1.29, 1.82) is 0 Å². The maximum atomic E-state index is 11.2. The molecule has 2 N–H and O–H groups in total. The summed E-state index contributed by atoms with van der Waals surface area (Å²) in [6, 6.07) is 9.26. The van der Waals surface area contributed by atoms with Crippen LogP contribution in [0.1, 0.15) is 162 Å². The van der Waals surface area contributed by atoms with E-state index < -0.39 is 0 Å². The van der Waals surface area contributed by atoms with Gasteiger partial charge in [-0.05, 0) is 157 Å². The van der Waals surface area contributed by atoms with Crippen LogP contribution in [-0.4, -0.2) is 10.2 Å². The van der Waals surface area contributed by atoms with Crippen molar-refractivity contribution in [1.82, 2.24) is 0 Å². The van der Waals surface area contributed by atoms with Gasteiger partial charge >= 0.3 is 0 Å². The second-order valence-corrected chi connectivity index (χ2v) is 16.4. The minimum absolute atomic E-state index is 0.161. The Labute approximate surface area is 243 Å². The second-order valence-electron chi connectivity index (χ2n) is 16.4. The fourth-order valence-corrected chi connectivity index (χ4v) is 12.3. The number of hydrogen-bond acceptors (Lipinski definition) is 2. The first-order chi connectivity index (χ1) is 19.0. The Balaban J connectivity index is 1.36. The van der Waals surface area contributed by atoms with Crippen LogP contribution in [0.15, 0.2) is 24.3 Å². The predicted octanol–water partition coefficient (Wildman–Crippen LogP) is 10.4. The monoisotopic (exact) mass is 540 g/mol. The summed E-state index contributed by atoms with van der Waals surface area (Å²) in [5.74, 6) is 2.10. The number of rotatable bonds is 4. The average Bonchev–Trinajstić information content (AvgIpc) is 2.87. The van der Waals surface area contributed by atoms with Crippen LogP contribution in [0.4, 0.5) is 0 Å². The summed E-state index contributed by atoms with van der Waals surface area (Å²) in [6.07, 6.45) is 20.4. The summed E-state index contributed by atoms with van der Waals surface area (Å²) in [7, 11) is 0. The molecule has 6 fully saturated rings. The molecule has 6 aliphatic carbocycles. The molecular formula is C38H52O2. The van der Waals surface area contributed by atoms with E-state index in [2.05, 4.69) is 52.0 Å². The smallest absolute Gasteiger partial charge is 0.119 e. The second kappa shape index (κ2) is 9.27. The van der Waals surface area contributed by atoms with Crippen molar-refractivity contribution in [2.45, 2.75) is 153 Å². The van der Waals surface area contributed by atoms with Gasteiger partial charge in [-0.1, -0.05) is 64.5 Å². The molecule has 6 saturated carbocycles. The highest BCUT2D eigenvalue weighted by molar-refractivity contribution is 5.52. The van der Waals surface area contributed by atoms with Gasteiger partial charge in [-0.2, -0.15) is 0 Å². The van der Waals surface area contributed by atoms with Gasteiger partial charge in [0.05, 0.1) is 0 Å². The minimum atomic E-state index is 0.161. The Hall–Kier alpha value is -1.96. The number of phenolic OH excluding ortho intramolecular Hbond substituents is 2. The van der Waals surface area contributed by atoms with Crippen molar-refractivity contribution < 1.29 is 10.2 Å². The largest absolute Gasteiger partial charge is 0.508 e. The minimum Gasteiger partial charge on any atom is -0.508 e. The van der Waals surface area contributed by atoms with Crippen LogP contribution in [0.3, 0.4) is 0 Å². The summed E-state index contributed by atoms with van der Waals surface area (Å²) in [6.45, 7) is 9.73. The number of benzene rings is 2. The maximum Gasteiger partial charge on any atom is 0.119 e. The first-order valence-corrected chi connectivity index (χ1v) is 16.7. The molecule has 0 atom stereocenters. The molecule has 2 aromatic rings. The molecule has 0 aliphatic heterocycles. The van der Waals surface area contributed by atoms with Crippen molar-refractivity contribution in [3.05, 3.63) is 57.6 Å². The van der Waals surface area contributed by atoms with Gasteiger partial charge in [0.25, 0.3) is 0 Å². The topological polar surface area (TPSA) is 40.5 Å². The molecule has 0 saturated heterocycles. The molecule has 2 nitrogen and oxygen atoms in total. The molecule has 0 spiro atoms. The van der Waals surface area contributed by atoms with Crippen molar-refractivity contribution in [2.75, 3.05) is 0 Å². The van der Waals surface area contributed by atoms with Gasteiger partial charge in [0, 0.05) is 0 Å². The van der Waals surface area contributed by atoms with Crippen LogP contribution in [0.25, 0.3) is 0 Å². The molecule has 4 bridgehead atoms. The van der Waals surface area contributed by atoms with E-state index in [9.17, 15) is 10.2 Å². The molecule has 0 unspecified atom stereocenters. The number of phenols is 2. The van der Waals surface area contributed by atoms with Crippen molar-refractivity contribution in [3.8, 4) is 11.5 Å². The predicted molar refractivity (Wildman–Crippen MR) is 165 cm³/mol. The van der Waals surface area contributed by atoms with E-state index in [1.54, 1.807) is 11.1 Å². The normalized spacial score (nSPS) is 36.3. The zero-order valence-corrected chi connectivity index (χ0v) is 25.7. The van der Waals surface area contributed by atoms with E-state index in [0.717, 1.165) is 0 Å². The molecule has 6 aliphatic rings. The molecule has 0 amide bonds. The fraction of sp³-hybridized carbons (Fsp3) is 0.684. The van der Waals surface area contributed by atoms with Crippen molar-refractivity contribution in [2.24, 2.45) is 10.8 Å². The van der Waals surface area contributed by atoms with Gasteiger partial charge in [0.15, 0.2) is 0 Å². The molecule has 0 aromatic heterocycles. The number of hydrogen-bond donors (Lipinski definition) is 2. The summed E-state index contributed by atoms with van der Waals surface area (Å²) < 4.78 is 0. The lowest BCUT2D eigenvalue weighted by atomic mass is 9.34. The zero-order valence-electron chi connectivity index (χ0n) is 25.7. The van der Waals surface area contributed by atoms with E-state index in [1.807, 2.05) is 0 Å². The van der Waals surface area contributed by atoms with Crippen LogP contribution < -0.4 is 0 Å². The third kappa shape index (κ3) is 4.25. The fourth-order valence-electron chi connectivity index (χ4n) is 12.3. The summed E-state index contributed by atoms with van der Waals surface area (Å²) in [5, 5.41) is 22.3. The Kier molecular flexibility index (Phi) is 6.24. The van der Waals surface area contributed by atoms with E-state index in [4.69, 9.17) is 0 Å². The SMILES string of the molecule is Cc1cc(O)c(C2CCCCC2)cc1C12CC3(C)CC(C)(C1)CC(c1cc(C4CCCCC4)c(O)cc1C)(C3)C2. The summed E-state index contributed by atoms with van der Waals surface area (Å²) in [4.78, 5) is 0. The van der Waals surface area contributed by atoms with E-state index in [0.29, 0.717) is 34.2 Å². The van der Waals surface area contributed by atoms with E-state index in [1.165, 1.54) is 125 Å². The molecule has 8 rings (SSSR count). The Bertz CT molecular complexity index is 1190. The molecule has 40 heavy (non-hydrogen) atoms. The highest BCUT2D eigenvalue weighted by atomic mass is 16.3. The van der Waals surface area contributed by atoms with E-state index in [-0.39, 0.29) is 10.8 Å². The van der Waals surface area contributed by atoms with Gasteiger partial charge < -0.3 is 10.2 Å². The highest BCUT2D eigenvalue weighted by Crippen LogP contribution is 2.74. The van der Waals surface area contributed by atoms with Gasteiger partial charge in [-0.25, -0.2) is 0 Å². The Morgan fingerprint density at radius 3 is 1.27 bits per heavy atom. The number of aromatic hydroxyl groups is 2. The lowest BCUT2D eigenvalue weighted by molar-refractivity contribution is -0.127. The third-order valence-corrected chi connectivity index (χ3v) is 12.6. The van der Waals surface area contributed by atoms with Gasteiger partial charge in [0.2, 0.25) is 0 Å². The molecule has 2 aromatic carbocycles. The average molecular weight is 541 g/mol. The molecule has 0 heterocycles. The first kappa shape index (κ1) is 26.9.